The van der Waals surface area contributed by atoms with Crippen molar-refractivity contribution >= 4 is 6.03 Å². The quantitative estimate of drug-likeness (QED) is 0.838. The third-order valence-corrected chi connectivity index (χ3v) is 3.70. The minimum Gasteiger partial charge on any atom is -0.491 e. The van der Waals surface area contributed by atoms with Gasteiger partial charge in [-0.1, -0.05) is 19.1 Å². The number of carbonyl (C=O) groups is 1. The van der Waals surface area contributed by atoms with Crippen LogP contribution >= 0.6 is 0 Å². The summed E-state index contributed by atoms with van der Waals surface area (Å²) in [6.45, 7) is 4.67. The molecule has 1 aromatic rings. The van der Waals surface area contributed by atoms with Crippen LogP contribution < -0.4 is 15.4 Å². The van der Waals surface area contributed by atoms with Crippen LogP contribution in [0.5, 0.6) is 5.75 Å². The second-order valence-electron chi connectivity index (χ2n) is 5.44. The Kier molecular flexibility index (Phi) is 5.27. The molecule has 1 aromatic carbocycles. The van der Waals surface area contributed by atoms with Gasteiger partial charge in [0.05, 0.1) is 6.10 Å². The summed E-state index contributed by atoms with van der Waals surface area (Å²) in [6.07, 6.45) is 4.61. The summed E-state index contributed by atoms with van der Waals surface area (Å²) in [5.41, 5.74) is 1.05. The van der Waals surface area contributed by atoms with Crippen molar-refractivity contribution in [3.05, 3.63) is 29.8 Å². The molecule has 2 amide bonds. The van der Waals surface area contributed by atoms with Crippen LogP contribution in [0.1, 0.15) is 45.1 Å². The first kappa shape index (κ1) is 14.7. The van der Waals surface area contributed by atoms with Crippen LogP contribution in [0.3, 0.4) is 0 Å². The van der Waals surface area contributed by atoms with Gasteiger partial charge in [-0.2, -0.15) is 0 Å². The first-order valence-electron chi connectivity index (χ1n) is 7.47. The molecule has 1 aliphatic rings. The van der Waals surface area contributed by atoms with E-state index in [9.17, 15) is 4.79 Å². The molecule has 1 fully saturated rings. The zero-order valence-corrected chi connectivity index (χ0v) is 12.3. The Morgan fingerprint density at radius 1 is 1.45 bits per heavy atom. The summed E-state index contributed by atoms with van der Waals surface area (Å²) in [6, 6.07) is 8.17. The molecule has 0 aromatic heterocycles. The summed E-state index contributed by atoms with van der Waals surface area (Å²) >= 11 is 0. The molecule has 0 spiro atoms. The Morgan fingerprint density at radius 2 is 2.25 bits per heavy atom. The van der Waals surface area contributed by atoms with E-state index < -0.39 is 0 Å². The summed E-state index contributed by atoms with van der Waals surface area (Å²) in [7, 11) is 0. The van der Waals surface area contributed by atoms with Gasteiger partial charge in [0, 0.05) is 12.6 Å². The summed E-state index contributed by atoms with van der Waals surface area (Å²) in [4.78, 5) is 11.7. The molecule has 0 aliphatic heterocycles. The summed E-state index contributed by atoms with van der Waals surface area (Å²) in [5.74, 6) is 0.859. The number of urea groups is 1. The summed E-state index contributed by atoms with van der Waals surface area (Å²) < 4.78 is 5.77. The molecule has 0 heterocycles. The highest BCUT2D eigenvalue weighted by atomic mass is 16.5. The number of rotatable bonds is 6. The van der Waals surface area contributed by atoms with E-state index in [2.05, 4.69) is 24.5 Å². The number of ether oxygens (including phenoxy) is 1. The molecule has 0 saturated heterocycles. The number of benzene rings is 1. The van der Waals surface area contributed by atoms with E-state index in [1.165, 1.54) is 6.42 Å². The van der Waals surface area contributed by atoms with Crippen molar-refractivity contribution in [1.82, 2.24) is 10.6 Å². The van der Waals surface area contributed by atoms with Crippen LogP contribution in [0, 0.1) is 0 Å². The lowest BCUT2D eigenvalue weighted by molar-refractivity contribution is 0.217. The molecule has 4 heteroatoms. The molecule has 1 saturated carbocycles. The fraction of sp³-hybridized carbons (Fsp3) is 0.562. The highest BCUT2D eigenvalue weighted by Gasteiger charge is 2.18. The van der Waals surface area contributed by atoms with Crippen molar-refractivity contribution in [3.63, 3.8) is 0 Å². The van der Waals surface area contributed by atoms with Crippen LogP contribution in [-0.2, 0) is 6.54 Å². The molecule has 20 heavy (non-hydrogen) atoms. The largest absolute Gasteiger partial charge is 0.491 e. The Hall–Kier alpha value is -1.71. The fourth-order valence-corrected chi connectivity index (χ4v) is 2.02. The average Bonchev–Trinajstić information content (AvgIpc) is 2.41. The van der Waals surface area contributed by atoms with Gasteiger partial charge in [0.25, 0.3) is 0 Å². The van der Waals surface area contributed by atoms with Crippen molar-refractivity contribution < 1.29 is 9.53 Å². The molecule has 0 radical (unpaired) electrons. The Morgan fingerprint density at radius 3 is 2.90 bits per heavy atom. The highest BCUT2D eigenvalue weighted by Crippen LogP contribution is 2.18. The van der Waals surface area contributed by atoms with Crippen molar-refractivity contribution in [2.24, 2.45) is 0 Å². The van der Waals surface area contributed by atoms with Crippen molar-refractivity contribution in [2.75, 3.05) is 0 Å². The van der Waals surface area contributed by atoms with Crippen LogP contribution in [-0.4, -0.2) is 18.2 Å². The van der Waals surface area contributed by atoms with Crippen molar-refractivity contribution in [2.45, 2.75) is 58.2 Å². The molecule has 2 rings (SSSR count). The standard InChI is InChI=1S/C16H24N2O2/c1-3-12(2)20-15-9-4-6-13(10-15)11-17-16(19)18-14-7-5-8-14/h4,6,9-10,12,14H,3,5,7-8,11H2,1-2H3,(H2,17,18,19)/t12-/m0/s1. The third kappa shape index (κ3) is 4.44. The molecule has 0 unspecified atom stereocenters. The minimum absolute atomic E-state index is 0.0806. The monoisotopic (exact) mass is 276 g/mol. The van der Waals surface area contributed by atoms with Gasteiger partial charge in [0.1, 0.15) is 5.75 Å². The van der Waals surface area contributed by atoms with Crippen molar-refractivity contribution in [1.29, 1.82) is 0 Å². The van der Waals surface area contributed by atoms with E-state index in [0.29, 0.717) is 12.6 Å². The van der Waals surface area contributed by atoms with E-state index in [1.807, 2.05) is 24.3 Å². The zero-order chi connectivity index (χ0) is 14.4. The first-order chi connectivity index (χ1) is 9.67. The number of amides is 2. The third-order valence-electron chi connectivity index (χ3n) is 3.70. The summed E-state index contributed by atoms with van der Waals surface area (Å²) in [5, 5.41) is 5.85. The van der Waals surface area contributed by atoms with Gasteiger partial charge in [0.15, 0.2) is 0 Å². The lowest BCUT2D eigenvalue weighted by atomic mass is 9.93. The number of carbonyl (C=O) groups excluding carboxylic acids is 1. The van der Waals surface area contributed by atoms with Gasteiger partial charge in [0.2, 0.25) is 0 Å². The van der Waals surface area contributed by atoms with Crippen molar-refractivity contribution in [3.8, 4) is 5.75 Å². The SMILES string of the molecule is CC[C@H](C)Oc1cccc(CNC(=O)NC2CCC2)c1. The van der Waals surface area contributed by atoms with E-state index in [0.717, 1.165) is 30.6 Å². The second-order valence-corrected chi connectivity index (χ2v) is 5.44. The average molecular weight is 276 g/mol. The maximum absolute atomic E-state index is 11.7. The minimum atomic E-state index is -0.0806. The molecule has 1 aliphatic carbocycles. The van der Waals surface area contributed by atoms with Gasteiger partial charge in [-0.3, -0.25) is 0 Å². The molecular weight excluding hydrogens is 252 g/mol. The molecule has 110 valence electrons. The predicted molar refractivity (Wildman–Crippen MR) is 79.8 cm³/mol. The molecule has 4 nitrogen and oxygen atoms in total. The van der Waals surface area contributed by atoms with Crippen LogP contribution in [0.25, 0.3) is 0 Å². The van der Waals surface area contributed by atoms with E-state index >= 15 is 0 Å². The molecule has 2 N–H and O–H groups in total. The van der Waals surface area contributed by atoms with E-state index in [4.69, 9.17) is 4.74 Å². The van der Waals surface area contributed by atoms with Gasteiger partial charge < -0.3 is 15.4 Å². The Labute approximate surface area is 120 Å². The van der Waals surface area contributed by atoms with Crippen LogP contribution in [0.4, 0.5) is 4.79 Å². The Balaban J connectivity index is 1.79. The number of hydrogen-bond acceptors (Lipinski definition) is 2. The second kappa shape index (κ2) is 7.17. The van der Waals surface area contributed by atoms with Crippen LogP contribution in [0.15, 0.2) is 24.3 Å². The topological polar surface area (TPSA) is 50.4 Å². The number of hydrogen-bond donors (Lipinski definition) is 2. The highest BCUT2D eigenvalue weighted by molar-refractivity contribution is 5.74. The first-order valence-corrected chi connectivity index (χ1v) is 7.47. The van der Waals surface area contributed by atoms with Gasteiger partial charge >= 0.3 is 6.03 Å². The fourth-order valence-electron chi connectivity index (χ4n) is 2.02. The maximum Gasteiger partial charge on any atom is 0.315 e. The molecule has 1 atom stereocenters. The smallest absolute Gasteiger partial charge is 0.315 e. The molecular formula is C16H24N2O2. The van der Waals surface area contributed by atoms with Gasteiger partial charge in [-0.15, -0.1) is 0 Å². The normalized spacial score (nSPS) is 16.1. The van der Waals surface area contributed by atoms with Gasteiger partial charge in [-0.25, -0.2) is 4.79 Å². The lowest BCUT2D eigenvalue weighted by Gasteiger charge is -2.26. The number of nitrogens with one attached hydrogen (secondary N) is 2. The predicted octanol–water partition coefficient (Wildman–Crippen LogP) is 3.22. The maximum atomic E-state index is 11.7. The zero-order valence-electron chi connectivity index (χ0n) is 12.3. The van der Waals surface area contributed by atoms with E-state index in [-0.39, 0.29) is 12.1 Å². The van der Waals surface area contributed by atoms with Crippen LogP contribution in [0.2, 0.25) is 0 Å². The lowest BCUT2D eigenvalue weighted by Crippen LogP contribution is -2.44. The van der Waals surface area contributed by atoms with Gasteiger partial charge in [-0.05, 0) is 50.3 Å². The Bertz CT molecular complexity index is 444. The molecule has 0 bridgehead atoms. The van der Waals surface area contributed by atoms with E-state index in [1.54, 1.807) is 0 Å².